The van der Waals surface area contributed by atoms with Crippen LogP contribution in [0.1, 0.15) is 24.8 Å². The molecule has 0 bridgehead atoms. The first-order chi connectivity index (χ1) is 15.0. The van der Waals surface area contributed by atoms with Crippen LogP contribution in [0.2, 0.25) is 0 Å². The van der Waals surface area contributed by atoms with Gasteiger partial charge in [0.25, 0.3) is 0 Å². The van der Waals surface area contributed by atoms with Crippen LogP contribution >= 0.6 is 0 Å². The summed E-state index contributed by atoms with van der Waals surface area (Å²) in [5.41, 5.74) is 2.25. The highest BCUT2D eigenvalue weighted by Gasteiger charge is 2.31. The lowest BCUT2D eigenvalue weighted by Gasteiger charge is -2.31. The van der Waals surface area contributed by atoms with Crippen molar-refractivity contribution in [3.8, 4) is 0 Å². The minimum absolute atomic E-state index is 0.0503. The molecule has 0 aliphatic carbocycles. The van der Waals surface area contributed by atoms with Crippen molar-refractivity contribution in [2.75, 3.05) is 43.9 Å². The SMILES string of the molecule is CN(CCNC(=O)C1CCCN(S(=O)(=O)CCCc2ccccc2)C1)c1ccccc1. The molecule has 0 spiro atoms. The van der Waals surface area contributed by atoms with E-state index in [0.29, 0.717) is 26.1 Å². The van der Waals surface area contributed by atoms with Gasteiger partial charge < -0.3 is 10.2 Å². The number of anilines is 1. The van der Waals surface area contributed by atoms with Gasteiger partial charge in [-0.15, -0.1) is 0 Å². The molecule has 31 heavy (non-hydrogen) atoms. The van der Waals surface area contributed by atoms with Crippen molar-refractivity contribution in [2.24, 2.45) is 5.92 Å². The Labute approximate surface area is 186 Å². The van der Waals surface area contributed by atoms with E-state index in [4.69, 9.17) is 0 Å². The Morgan fingerprint density at radius 1 is 1.10 bits per heavy atom. The fourth-order valence-corrected chi connectivity index (χ4v) is 5.53. The second kappa shape index (κ2) is 11.3. The number of sulfonamides is 1. The fraction of sp³-hybridized carbons (Fsp3) is 0.458. The summed E-state index contributed by atoms with van der Waals surface area (Å²) in [5, 5.41) is 2.99. The predicted octanol–water partition coefficient (Wildman–Crippen LogP) is 2.91. The Morgan fingerprint density at radius 2 is 1.77 bits per heavy atom. The largest absolute Gasteiger partial charge is 0.373 e. The third-order valence-electron chi connectivity index (χ3n) is 5.80. The number of nitrogens with zero attached hydrogens (tertiary/aromatic N) is 2. The van der Waals surface area contributed by atoms with E-state index in [1.54, 1.807) is 0 Å². The van der Waals surface area contributed by atoms with E-state index in [1.165, 1.54) is 4.31 Å². The summed E-state index contributed by atoms with van der Waals surface area (Å²) in [6.07, 6.45) is 2.79. The van der Waals surface area contributed by atoms with Gasteiger partial charge in [-0.05, 0) is 43.4 Å². The molecule has 1 heterocycles. The third-order valence-corrected chi connectivity index (χ3v) is 7.73. The number of nitrogens with one attached hydrogen (secondary N) is 1. The molecule has 168 valence electrons. The predicted molar refractivity (Wildman–Crippen MR) is 126 cm³/mol. The van der Waals surface area contributed by atoms with Crippen LogP contribution in [0.4, 0.5) is 5.69 Å². The molecule has 1 amide bonds. The number of amides is 1. The van der Waals surface area contributed by atoms with Crippen LogP contribution in [0.15, 0.2) is 60.7 Å². The molecular formula is C24H33N3O3S. The molecular weight excluding hydrogens is 410 g/mol. The first kappa shape index (κ1) is 23.3. The summed E-state index contributed by atoms with van der Waals surface area (Å²) in [6, 6.07) is 19.9. The molecule has 3 rings (SSSR count). The third kappa shape index (κ3) is 7.08. The van der Waals surface area contributed by atoms with E-state index < -0.39 is 10.0 Å². The maximum Gasteiger partial charge on any atom is 0.224 e. The normalized spacial score (nSPS) is 17.3. The van der Waals surface area contributed by atoms with Gasteiger partial charge in [0.15, 0.2) is 0 Å². The van der Waals surface area contributed by atoms with Crippen molar-refractivity contribution >= 4 is 21.6 Å². The minimum Gasteiger partial charge on any atom is -0.373 e. The first-order valence-electron chi connectivity index (χ1n) is 11.0. The zero-order chi connectivity index (χ0) is 22.1. The van der Waals surface area contributed by atoms with Crippen LogP contribution in [0.25, 0.3) is 0 Å². The highest BCUT2D eigenvalue weighted by Crippen LogP contribution is 2.20. The van der Waals surface area contributed by atoms with Crippen LogP contribution < -0.4 is 10.2 Å². The lowest BCUT2D eigenvalue weighted by molar-refractivity contribution is -0.126. The molecule has 7 heteroatoms. The van der Waals surface area contributed by atoms with Gasteiger partial charge in [0.05, 0.1) is 11.7 Å². The summed E-state index contributed by atoms with van der Waals surface area (Å²) in [7, 11) is -1.35. The van der Waals surface area contributed by atoms with Gasteiger partial charge in [-0.1, -0.05) is 48.5 Å². The lowest BCUT2D eigenvalue weighted by atomic mass is 9.99. The van der Waals surface area contributed by atoms with Crippen LogP contribution in [-0.2, 0) is 21.2 Å². The number of rotatable bonds is 10. The number of likely N-dealkylation sites (N-methyl/N-ethyl adjacent to an activating group) is 1. The van der Waals surface area contributed by atoms with Crippen molar-refractivity contribution in [3.05, 3.63) is 66.2 Å². The lowest BCUT2D eigenvalue weighted by Crippen LogP contribution is -2.47. The summed E-state index contributed by atoms with van der Waals surface area (Å²) in [6.45, 7) is 2.02. The standard InChI is InChI=1S/C24H33N3O3S/c1-26(23-14-6-3-7-15-23)18-16-25-24(28)22-13-8-17-27(20-22)31(29,30)19-9-12-21-10-4-2-5-11-21/h2-7,10-11,14-15,22H,8-9,12-13,16-20H2,1H3,(H,25,28). The molecule has 0 radical (unpaired) electrons. The van der Waals surface area contributed by atoms with Gasteiger partial charge >= 0.3 is 0 Å². The average Bonchev–Trinajstić information content (AvgIpc) is 2.80. The number of hydrogen-bond donors (Lipinski definition) is 1. The molecule has 0 saturated carbocycles. The molecule has 1 N–H and O–H groups in total. The summed E-state index contributed by atoms with van der Waals surface area (Å²) in [4.78, 5) is 14.7. The Bertz CT molecular complexity index is 920. The van der Waals surface area contributed by atoms with E-state index in [9.17, 15) is 13.2 Å². The van der Waals surface area contributed by atoms with Crippen molar-refractivity contribution < 1.29 is 13.2 Å². The molecule has 1 saturated heterocycles. The van der Waals surface area contributed by atoms with Gasteiger partial charge in [0, 0.05) is 38.9 Å². The molecule has 1 unspecified atom stereocenters. The van der Waals surface area contributed by atoms with Crippen LogP contribution in [0, 0.1) is 5.92 Å². The Kier molecular flexibility index (Phi) is 8.49. The summed E-state index contributed by atoms with van der Waals surface area (Å²) < 4.78 is 27.1. The van der Waals surface area contributed by atoms with Crippen molar-refractivity contribution in [3.63, 3.8) is 0 Å². The second-order valence-corrected chi connectivity index (χ2v) is 10.2. The van der Waals surface area contributed by atoms with E-state index in [-0.39, 0.29) is 24.1 Å². The first-order valence-corrected chi connectivity index (χ1v) is 12.6. The number of carbonyl (C=O) groups is 1. The second-order valence-electron chi connectivity index (χ2n) is 8.15. The van der Waals surface area contributed by atoms with Crippen molar-refractivity contribution in [1.82, 2.24) is 9.62 Å². The Balaban J connectivity index is 1.43. The van der Waals surface area contributed by atoms with Crippen LogP contribution in [-0.4, -0.2) is 57.6 Å². The number of carbonyl (C=O) groups excluding carboxylic acids is 1. The molecule has 0 aromatic heterocycles. The van der Waals surface area contributed by atoms with Crippen molar-refractivity contribution in [1.29, 1.82) is 0 Å². The van der Waals surface area contributed by atoms with Crippen LogP contribution in [0.5, 0.6) is 0 Å². The monoisotopic (exact) mass is 443 g/mol. The number of hydrogen-bond acceptors (Lipinski definition) is 4. The number of para-hydroxylation sites is 1. The molecule has 2 aromatic carbocycles. The Hall–Kier alpha value is -2.38. The van der Waals surface area contributed by atoms with Gasteiger partial charge in [0.2, 0.25) is 15.9 Å². The van der Waals surface area contributed by atoms with Gasteiger partial charge in [-0.2, -0.15) is 0 Å². The maximum absolute atomic E-state index is 12.8. The fourth-order valence-electron chi connectivity index (χ4n) is 3.94. The molecule has 1 fully saturated rings. The average molecular weight is 444 g/mol. The minimum atomic E-state index is -3.34. The zero-order valence-electron chi connectivity index (χ0n) is 18.2. The number of aryl methyl sites for hydroxylation is 1. The highest BCUT2D eigenvalue weighted by molar-refractivity contribution is 7.89. The molecule has 6 nitrogen and oxygen atoms in total. The van der Waals surface area contributed by atoms with Crippen molar-refractivity contribution in [2.45, 2.75) is 25.7 Å². The van der Waals surface area contributed by atoms with E-state index >= 15 is 0 Å². The molecule has 1 aliphatic heterocycles. The Morgan fingerprint density at radius 3 is 2.48 bits per heavy atom. The maximum atomic E-state index is 12.8. The number of benzene rings is 2. The molecule has 1 aliphatic rings. The molecule has 2 aromatic rings. The van der Waals surface area contributed by atoms with E-state index in [1.807, 2.05) is 67.7 Å². The van der Waals surface area contributed by atoms with E-state index in [0.717, 1.165) is 30.5 Å². The zero-order valence-corrected chi connectivity index (χ0v) is 19.1. The van der Waals surface area contributed by atoms with Gasteiger partial charge in [0.1, 0.15) is 0 Å². The van der Waals surface area contributed by atoms with Gasteiger partial charge in [-0.3, -0.25) is 4.79 Å². The topological polar surface area (TPSA) is 69.7 Å². The van der Waals surface area contributed by atoms with Gasteiger partial charge in [-0.25, -0.2) is 12.7 Å². The van der Waals surface area contributed by atoms with E-state index in [2.05, 4.69) is 10.2 Å². The number of piperidine rings is 1. The smallest absolute Gasteiger partial charge is 0.224 e. The van der Waals surface area contributed by atoms with Crippen LogP contribution in [0.3, 0.4) is 0 Å². The summed E-state index contributed by atoms with van der Waals surface area (Å²) in [5.74, 6) is -0.205. The highest BCUT2D eigenvalue weighted by atomic mass is 32.2. The quantitative estimate of drug-likeness (QED) is 0.613. The summed E-state index contributed by atoms with van der Waals surface area (Å²) >= 11 is 0. The molecule has 1 atom stereocenters.